The third kappa shape index (κ3) is 2.44. The molecule has 0 radical (unpaired) electrons. The number of fused-ring (bicyclic) bond motifs is 3. The van der Waals surface area contributed by atoms with Gasteiger partial charge < -0.3 is 4.90 Å². The molecule has 5 heteroatoms. The number of nitriles is 2. The summed E-state index contributed by atoms with van der Waals surface area (Å²) in [6, 6.07) is 16.9. The highest BCUT2D eigenvalue weighted by molar-refractivity contribution is 5.95. The fourth-order valence-electron chi connectivity index (χ4n) is 4.91. The van der Waals surface area contributed by atoms with Gasteiger partial charge in [0.25, 0.3) is 0 Å². The van der Waals surface area contributed by atoms with Crippen molar-refractivity contribution >= 4 is 17.5 Å². The smallest absolute Gasteiger partial charge is 0.176 e. The predicted molar refractivity (Wildman–Crippen MR) is 106 cm³/mol. The van der Waals surface area contributed by atoms with E-state index >= 15 is 0 Å². The van der Waals surface area contributed by atoms with Crippen LogP contribution in [0.1, 0.15) is 29.9 Å². The average molecular weight is 383 g/mol. The number of nitrogens with zero attached hydrogens (tertiary/aromatic N) is 3. The zero-order valence-electron chi connectivity index (χ0n) is 15.6. The van der Waals surface area contributed by atoms with Crippen molar-refractivity contribution in [2.24, 2.45) is 11.3 Å². The molecule has 5 rings (SSSR count). The molecule has 2 aromatic carbocycles. The van der Waals surface area contributed by atoms with Crippen LogP contribution in [-0.4, -0.2) is 17.9 Å². The lowest BCUT2D eigenvalue weighted by Crippen LogP contribution is -2.44. The highest BCUT2D eigenvalue weighted by Crippen LogP contribution is 2.56. The number of anilines is 1. The van der Waals surface area contributed by atoms with E-state index in [1.54, 1.807) is 12.1 Å². The number of halogens is 1. The minimum Gasteiger partial charge on any atom is -0.351 e. The molecule has 2 aromatic rings. The zero-order chi connectivity index (χ0) is 20.2. The van der Waals surface area contributed by atoms with Gasteiger partial charge >= 0.3 is 0 Å². The van der Waals surface area contributed by atoms with Crippen molar-refractivity contribution < 1.29 is 9.18 Å². The predicted octanol–water partition coefficient (Wildman–Crippen LogP) is 4.21. The Morgan fingerprint density at radius 2 is 1.76 bits per heavy atom. The van der Waals surface area contributed by atoms with Gasteiger partial charge in [-0.3, -0.25) is 4.79 Å². The number of carbonyl (C=O) groups excluding carboxylic acids is 1. The Kier molecular flexibility index (Phi) is 3.83. The summed E-state index contributed by atoms with van der Waals surface area (Å²) in [5.41, 5.74) is 1.02. The van der Waals surface area contributed by atoms with Crippen molar-refractivity contribution in [3.8, 4) is 12.1 Å². The maximum absolute atomic E-state index is 13.6. The van der Waals surface area contributed by atoms with Crippen LogP contribution in [0.15, 0.2) is 54.6 Å². The van der Waals surface area contributed by atoms with Crippen LogP contribution in [0.4, 0.5) is 10.1 Å². The summed E-state index contributed by atoms with van der Waals surface area (Å²) in [5, 5.41) is 20.5. The largest absolute Gasteiger partial charge is 0.351 e. The average Bonchev–Trinajstić information content (AvgIpc) is 3.56. The van der Waals surface area contributed by atoms with Crippen molar-refractivity contribution in [3.05, 3.63) is 71.6 Å². The Morgan fingerprint density at radius 1 is 1.07 bits per heavy atom. The van der Waals surface area contributed by atoms with Gasteiger partial charge in [-0.2, -0.15) is 10.5 Å². The number of carbonyl (C=O) groups is 1. The molecule has 0 unspecified atom stereocenters. The molecule has 1 aliphatic carbocycles. The van der Waals surface area contributed by atoms with E-state index < -0.39 is 23.4 Å². The van der Waals surface area contributed by atoms with E-state index in [4.69, 9.17) is 0 Å². The highest BCUT2D eigenvalue weighted by Gasteiger charge is 2.64. The SMILES string of the molecule is N#CC1(C#N)[C@@H](c2ccc(F)cc2)[C@@H](C(=O)C2CC2)N2c3ccccc3C=C[C@@H]21. The van der Waals surface area contributed by atoms with E-state index in [1.165, 1.54) is 12.1 Å². The number of rotatable bonds is 3. The van der Waals surface area contributed by atoms with E-state index in [-0.39, 0.29) is 17.5 Å². The zero-order valence-corrected chi connectivity index (χ0v) is 15.6. The third-order valence-corrected chi connectivity index (χ3v) is 6.42. The summed E-state index contributed by atoms with van der Waals surface area (Å²) < 4.78 is 13.6. The standard InChI is InChI=1S/C24H18FN3O/c25-18-10-7-16(8-11-18)21-22(23(29)17-5-6-17)28-19-4-2-1-3-15(19)9-12-20(28)24(21,13-26)14-27/h1-4,7-12,17,20-22H,5-6H2/t20-,21+,22+/m1/s1. The molecule has 29 heavy (non-hydrogen) atoms. The second-order valence-electron chi connectivity index (χ2n) is 8.01. The van der Waals surface area contributed by atoms with E-state index in [0.29, 0.717) is 5.56 Å². The number of hydrogen-bond acceptors (Lipinski definition) is 4. The summed E-state index contributed by atoms with van der Waals surface area (Å²) in [4.78, 5) is 15.5. The number of para-hydroxylation sites is 1. The van der Waals surface area contributed by atoms with Crippen LogP contribution < -0.4 is 4.90 Å². The van der Waals surface area contributed by atoms with Gasteiger partial charge in [-0.15, -0.1) is 0 Å². The van der Waals surface area contributed by atoms with Crippen LogP contribution in [0.25, 0.3) is 6.08 Å². The van der Waals surface area contributed by atoms with Crippen LogP contribution in [0.5, 0.6) is 0 Å². The normalized spacial score (nSPS) is 26.2. The van der Waals surface area contributed by atoms with Crippen molar-refractivity contribution in [1.29, 1.82) is 10.5 Å². The number of Topliss-reactive ketones (excluding diaryl/α,β-unsaturated/α-hetero) is 1. The number of hydrogen-bond donors (Lipinski definition) is 0. The fraction of sp³-hybridized carbons (Fsp3) is 0.292. The molecule has 1 saturated heterocycles. The van der Waals surface area contributed by atoms with Crippen LogP contribution in [0.3, 0.4) is 0 Å². The van der Waals surface area contributed by atoms with Gasteiger partial charge in [0, 0.05) is 17.5 Å². The second-order valence-corrected chi connectivity index (χ2v) is 8.01. The van der Waals surface area contributed by atoms with Gasteiger partial charge in [0.1, 0.15) is 5.82 Å². The molecule has 0 spiro atoms. The second kappa shape index (κ2) is 6.29. The third-order valence-electron chi connectivity index (χ3n) is 6.42. The Morgan fingerprint density at radius 3 is 2.41 bits per heavy atom. The van der Waals surface area contributed by atoms with Crippen molar-refractivity contribution in [3.63, 3.8) is 0 Å². The molecule has 3 atom stereocenters. The minimum absolute atomic E-state index is 0.0325. The van der Waals surface area contributed by atoms with Crippen LogP contribution in [0.2, 0.25) is 0 Å². The van der Waals surface area contributed by atoms with Gasteiger partial charge in [0.05, 0.1) is 24.2 Å². The summed E-state index contributed by atoms with van der Waals surface area (Å²) in [6.45, 7) is 0. The lowest BCUT2D eigenvalue weighted by molar-refractivity contribution is -0.121. The van der Waals surface area contributed by atoms with Crippen molar-refractivity contribution in [2.45, 2.75) is 30.8 Å². The first-order valence-electron chi connectivity index (χ1n) is 9.78. The fourth-order valence-corrected chi connectivity index (χ4v) is 4.91. The molecule has 4 nitrogen and oxygen atoms in total. The topological polar surface area (TPSA) is 67.9 Å². The molecule has 0 bridgehead atoms. The van der Waals surface area contributed by atoms with Gasteiger partial charge in [-0.05, 0) is 42.2 Å². The quantitative estimate of drug-likeness (QED) is 0.796. The molecule has 0 aromatic heterocycles. The van der Waals surface area contributed by atoms with Crippen LogP contribution >= 0.6 is 0 Å². The first-order chi connectivity index (χ1) is 14.1. The molecular formula is C24H18FN3O. The first-order valence-corrected chi connectivity index (χ1v) is 9.78. The van der Waals surface area contributed by atoms with E-state index in [0.717, 1.165) is 24.1 Å². The van der Waals surface area contributed by atoms with E-state index in [9.17, 15) is 19.7 Å². The summed E-state index contributed by atoms with van der Waals surface area (Å²) in [6.07, 6.45) is 5.47. The van der Waals surface area contributed by atoms with Gasteiger partial charge in [0.15, 0.2) is 11.2 Å². The summed E-state index contributed by atoms with van der Waals surface area (Å²) in [7, 11) is 0. The Hall–Kier alpha value is -3.44. The minimum atomic E-state index is -1.45. The molecule has 0 N–H and O–H groups in total. The molecule has 2 heterocycles. The molecule has 2 aliphatic heterocycles. The number of ketones is 1. The van der Waals surface area contributed by atoms with Gasteiger partial charge in [0.2, 0.25) is 0 Å². The van der Waals surface area contributed by atoms with Crippen LogP contribution in [-0.2, 0) is 4.79 Å². The molecule has 1 saturated carbocycles. The van der Waals surface area contributed by atoms with Gasteiger partial charge in [-0.1, -0.05) is 42.5 Å². The molecule has 2 fully saturated rings. The molecule has 3 aliphatic rings. The van der Waals surface area contributed by atoms with E-state index in [2.05, 4.69) is 12.1 Å². The van der Waals surface area contributed by atoms with Crippen LogP contribution in [0, 0.1) is 39.8 Å². The maximum Gasteiger partial charge on any atom is 0.176 e. The molecular weight excluding hydrogens is 365 g/mol. The Bertz CT molecular complexity index is 1090. The maximum atomic E-state index is 13.6. The Balaban J connectivity index is 1.76. The Labute approximate surface area is 168 Å². The first kappa shape index (κ1) is 17.6. The highest BCUT2D eigenvalue weighted by atomic mass is 19.1. The van der Waals surface area contributed by atoms with E-state index in [1.807, 2.05) is 41.3 Å². The number of benzene rings is 2. The van der Waals surface area contributed by atoms with Crippen molar-refractivity contribution in [1.82, 2.24) is 0 Å². The molecule has 0 amide bonds. The van der Waals surface area contributed by atoms with Gasteiger partial charge in [-0.25, -0.2) is 4.39 Å². The van der Waals surface area contributed by atoms with Crippen molar-refractivity contribution in [2.75, 3.05) is 4.90 Å². The molecule has 142 valence electrons. The monoisotopic (exact) mass is 383 g/mol. The summed E-state index contributed by atoms with van der Waals surface area (Å²) in [5.74, 6) is -1.01. The summed E-state index contributed by atoms with van der Waals surface area (Å²) >= 11 is 0. The lowest BCUT2D eigenvalue weighted by atomic mass is 9.69. The lowest BCUT2D eigenvalue weighted by Gasteiger charge is -2.35.